The first kappa shape index (κ1) is 16.8. The van der Waals surface area contributed by atoms with Gasteiger partial charge < -0.3 is 4.74 Å². The third-order valence-electron chi connectivity index (χ3n) is 4.86. The maximum Gasteiger partial charge on any atom is 0.264 e. The van der Waals surface area contributed by atoms with Crippen molar-refractivity contribution in [2.24, 2.45) is 0 Å². The van der Waals surface area contributed by atoms with Crippen molar-refractivity contribution in [2.45, 2.75) is 45.1 Å². The molecule has 1 atom stereocenters. The lowest BCUT2D eigenvalue weighted by Crippen LogP contribution is -2.36. The number of rotatable bonds is 3. The second-order valence-electron chi connectivity index (χ2n) is 6.46. The predicted octanol–water partition coefficient (Wildman–Crippen LogP) is 3.76. The number of nitrogens with zero attached hydrogens (tertiary/aromatic N) is 1. The van der Waals surface area contributed by atoms with Crippen LogP contribution >= 0.6 is 0 Å². The van der Waals surface area contributed by atoms with E-state index in [0.29, 0.717) is 4.90 Å². The number of hydrogen-bond acceptors (Lipinski definition) is 3. The van der Waals surface area contributed by atoms with E-state index >= 15 is 0 Å². The molecule has 0 amide bonds. The van der Waals surface area contributed by atoms with Gasteiger partial charge >= 0.3 is 0 Å². The molecular weight excluding hydrogens is 322 g/mol. The summed E-state index contributed by atoms with van der Waals surface area (Å²) in [7, 11) is -2.01. The quantitative estimate of drug-likeness (QED) is 0.851. The lowest BCUT2D eigenvalue weighted by atomic mass is 10.1. The van der Waals surface area contributed by atoms with E-state index in [2.05, 4.69) is 0 Å². The van der Waals surface area contributed by atoms with Crippen LogP contribution in [-0.2, 0) is 16.4 Å². The smallest absolute Gasteiger partial charge is 0.264 e. The van der Waals surface area contributed by atoms with Gasteiger partial charge in [-0.1, -0.05) is 18.2 Å². The van der Waals surface area contributed by atoms with Gasteiger partial charge in [0.15, 0.2) is 0 Å². The Morgan fingerprint density at radius 3 is 2.46 bits per heavy atom. The van der Waals surface area contributed by atoms with Crippen molar-refractivity contribution in [2.75, 3.05) is 11.4 Å². The number of aryl methyl sites for hydroxylation is 1. The molecule has 0 saturated heterocycles. The van der Waals surface area contributed by atoms with E-state index < -0.39 is 10.0 Å². The zero-order valence-corrected chi connectivity index (χ0v) is 15.6. The molecule has 0 fully saturated rings. The summed E-state index contributed by atoms with van der Waals surface area (Å²) in [5.74, 6) is 0.751. The second kappa shape index (κ2) is 5.81. The minimum Gasteiger partial charge on any atom is -0.496 e. The van der Waals surface area contributed by atoms with E-state index in [1.807, 2.05) is 52.0 Å². The van der Waals surface area contributed by atoms with Crippen LogP contribution in [0.15, 0.2) is 35.2 Å². The van der Waals surface area contributed by atoms with Gasteiger partial charge in [-0.3, -0.25) is 4.31 Å². The molecule has 1 aliphatic heterocycles. The van der Waals surface area contributed by atoms with Crippen LogP contribution in [0.25, 0.3) is 0 Å². The Bertz CT molecular complexity index is 903. The van der Waals surface area contributed by atoms with E-state index in [1.165, 1.54) is 0 Å². The van der Waals surface area contributed by atoms with Gasteiger partial charge in [-0.05, 0) is 68.5 Å². The number of para-hydroxylation sites is 1. The molecule has 128 valence electrons. The van der Waals surface area contributed by atoms with Crippen molar-refractivity contribution >= 4 is 15.7 Å². The molecule has 4 nitrogen and oxygen atoms in total. The number of hydrogen-bond donors (Lipinski definition) is 0. The Morgan fingerprint density at radius 1 is 1.12 bits per heavy atom. The van der Waals surface area contributed by atoms with Crippen LogP contribution in [0, 0.1) is 20.8 Å². The summed E-state index contributed by atoms with van der Waals surface area (Å²) in [6.07, 6.45) is 0.739. The Morgan fingerprint density at radius 2 is 1.79 bits per heavy atom. The fourth-order valence-corrected chi connectivity index (χ4v) is 5.68. The molecule has 0 spiro atoms. The molecule has 0 unspecified atom stereocenters. The highest BCUT2D eigenvalue weighted by Crippen LogP contribution is 2.39. The van der Waals surface area contributed by atoms with Crippen LogP contribution in [-0.4, -0.2) is 21.6 Å². The van der Waals surface area contributed by atoms with Crippen LogP contribution in [0.4, 0.5) is 5.69 Å². The monoisotopic (exact) mass is 345 g/mol. The van der Waals surface area contributed by atoms with Gasteiger partial charge in [-0.2, -0.15) is 0 Å². The fraction of sp³-hybridized carbons (Fsp3) is 0.368. The number of sulfonamides is 1. The van der Waals surface area contributed by atoms with Crippen LogP contribution in [0.2, 0.25) is 0 Å². The summed E-state index contributed by atoms with van der Waals surface area (Å²) in [5, 5.41) is 0. The molecule has 24 heavy (non-hydrogen) atoms. The van der Waals surface area contributed by atoms with Crippen molar-refractivity contribution in [1.82, 2.24) is 0 Å². The molecule has 2 aromatic carbocycles. The van der Waals surface area contributed by atoms with Crippen molar-refractivity contribution in [3.63, 3.8) is 0 Å². The fourth-order valence-electron chi connectivity index (χ4n) is 3.61. The number of anilines is 1. The first-order chi connectivity index (χ1) is 11.3. The molecule has 0 saturated carbocycles. The van der Waals surface area contributed by atoms with Gasteiger partial charge in [-0.15, -0.1) is 0 Å². The maximum atomic E-state index is 13.4. The Labute approximate surface area is 144 Å². The minimum absolute atomic E-state index is 0.0884. The van der Waals surface area contributed by atoms with Crippen LogP contribution in [0.3, 0.4) is 0 Å². The highest BCUT2D eigenvalue weighted by molar-refractivity contribution is 7.93. The van der Waals surface area contributed by atoms with E-state index in [-0.39, 0.29) is 6.04 Å². The van der Waals surface area contributed by atoms with Crippen molar-refractivity contribution < 1.29 is 13.2 Å². The van der Waals surface area contributed by atoms with Crippen molar-refractivity contribution in [1.29, 1.82) is 0 Å². The molecule has 1 heterocycles. The molecule has 3 rings (SSSR count). The highest BCUT2D eigenvalue weighted by Gasteiger charge is 2.37. The first-order valence-electron chi connectivity index (χ1n) is 8.06. The minimum atomic E-state index is -3.62. The number of benzene rings is 2. The molecule has 2 aromatic rings. The molecule has 0 aromatic heterocycles. The topological polar surface area (TPSA) is 46.6 Å². The predicted molar refractivity (Wildman–Crippen MR) is 96.5 cm³/mol. The van der Waals surface area contributed by atoms with Gasteiger partial charge in [0.25, 0.3) is 10.0 Å². The Hall–Kier alpha value is -2.01. The summed E-state index contributed by atoms with van der Waals surface area (Å²) in [5.41, 5.74) is 4.31. The third kappa shape index (κ3) is 2.38. The molecule has 1 aliphatic rings. The molecule has 0 N–H and O–H groups in total. The first-order valence-corrected chi connectivity index (χ1v) is 9.50. The highest BCUT2D eigenvalue weighted by atomic mass is 32.2. The number of ether oxygens (including phenoxy) is 1. The van der Waals surface area contributed by atoms with E-state index in [0.717, 1.165) is 40.1 Å². The Balaban J connectivity index is 2.20. The summed E-state index contributed by atoms with van der Waals surface area (Å²) < 4.78 is 33.8. The lowest BCUT2D eigenvalue weighted by molar-refractivity contribution is 0.407. The van der Waals surface area contributed by atoms with E-state index in [9.17, 15) is 8.42 Å². The van der Waals surface area contributed by atoms with Crippen LogP contribution in [0.5, 0.6) is 5.75 Å². The summed E-state index contributed by atoms with van der Waals surface area (Å²) in [4.78, 5) is 0.363. The number of fused-ring (bicyclic) bond motifs is 1. The SMILES string of the molecule is COc1c(C)cc(S(=O)(=O)N2c3ccccc3C[C@@H]2C)c(C)c1C. The van der Waals surface area contributed by atoms with Gasteiger partial charge in [0.2, 0.25) is 0 Å². The van der Waals surface area contributed by atoms with Crippen LogP contribution < -0.4 is 9.04 Å². The average Bonchev–Trinajstić information content (AvgIpc) is 2.87. The molecule has 0 radical (unpaired) electrons. The molecule has 0 bridgehead atoms. The third-order valence-corrected chi connectivity index (χ3v) is 6.92. The largest absolute Gasteiger partial charge is 0.496 e. The second-order valence-corrected chi connectivity index (χ2v) is 8.24. The molecule has 5 heteroatoms. The van der Waals surface area contributed by atoms with Crippen molar-refractivity contribution in [3.05, 3.63) is 52.6 Å². The zero-order chi connectivity index (χ0) is 17.6. The summed E-state index contributed by atoms with van der Waals surface area (Å²) >= 11 is 0. The Kier molecular flexibility index (Phi) is 4.08. The van der Waals surface area contributed by atoms with E-state index in [4.69, 9.17) is 4.74 Å². The van der Waals surface area contributed by atoms with Crippen molar-refractivity contribution in [3.8, 4) is 5.75 Å². The van der Waals surface area contributed by atoms with E-state index in [1.54, 1.807) is 17.5 Å². The summed E-state index contributed by atoms with van der Waals surface area (Å²) in [6, 6.07) is 9.36. The van der Waals surface area contributed by atoms with Gasteiger partial charge in [-0.25, -0.2) is 8.42 Å². The van der Waals surface area contributed by atoms with Gasteiger partial charge in [0.1, 0.15) is 5.75 Å². The zero-order valence-electron chi connectivity index (χ0n) is 14.8. The average molecular weight is 345 g/mol. The number of methoxy groups -OCH3 is 1. The lowest BCUT2D eigenvalue weighted by Gasteiger charge is -2.26. The van der Waals surface area contributed by atoms with Gasteiger partial charge in [0.05, 0.1) is 17.7 Å². The molecule has 0 aliphatic carbocycles. The van der Waals surface area contributed by atoms with Crippen LogP contribution in [0.1, 0.15) is 29.2 Å². The van der Waals surface area contributed by atoms with Gasteiger partial charge in [0, 0.05) is 6.04 Å². The standard InChI is InChI=1S/C19H23NO3S/c1-12-10-18(14(3)15(4)19(12)23-5)24(21,22)20-13(2)11-16-8-6-7-9-17(16)20/h6-10,13H,11H2,1-5H3/t13-/m0/s1. The molecular formula is C19H23NO3S. The summed E-state index contributed by atoms with van der Waals surface area (Å²) in [6.45, 7) is 7.58. The maximum absolute atomic E-state index is 13.4. The normalized spacial score (nSPS) is 17.0.